The van der Waals surface area contributed by atoms with Crippen LogP contribution >= 0.6 is 0 Å². The number of hydrogen-bond donors (Lipinski definition) is 1. The molecule has 0 aromatic heterocycles. The van der Waals surface area contributed by atoms with Gasteiger partial charge in [0.15, 0.2) is 0 Å². The molecule has 0 saturated heterocycles. The smallest absolute Gasteiger partial charge is 0.0387 e. The minimum absolute atomic E-state index is 0.125. The van der Waals surface area contributed by atoms with Gasteiger partial charge in [-0.3, -0.25) is 0 Å². The van der Waals surface area contributed by atoms with Gasteiger partial charge in [0.05, 0.1) is 0 Å². The highest BCUT2D eigenvalue weighted by Crippen LogP contribution is 2.57. The maximum absolute atomic E-state index is 3.87. The SMILES string of the molecule is CCCCCCC1(CCCCCC)C2=CCCC=C2c2ccc(Nc3ccc(-c4cc(-c5ccc(C(C)(CC)CC)cc5)cc(-c5cccc(-c6ccccc6)c5)c4)cc3)cc21. The van der Waals surface area contributed by atoms with Crippen LogP contribution in [0.4, 0.5) is 11.4 Å². The monoisotopic (exact) mass is 816 g/mol. The van der Waals surface area contributed by atoms with Crippen LogP contribution in [0.1, 0.15) is 141 Å². The zero-order valence-corrected chi connectivity index (χ0v) is 38.3. The standard InChI is InChI=1S/C61H69N/c1-6-10-12-19-38-61(39-20-13-11-7-2)58-27-18-17-26-56(58)57-37-36-55(44-59(57)61)62-54-34-30-47(31-35-54)51-41-50(46-28-32-53(33-29-46)60(5,8-3)9-4)42-52(43-51)49-25-21-24-48(40-49)45-22-15-14-16-23-45/h14-16,21-37,40-44,62H,6-13,17-20,38-39H2,1-5H3. The van der Waals surface area contributed by atoms with Gasteiger partial charge in [0.25, 0.3) is 0 Å². The van der Waals surface area contributed by atoms with Gasteiger partial charge in [-0.05, 0) is 165 Å². The summed E-state index contributed by atoms with van der Waals surface area (Å²) in [6, 6.07) is 52.6. The summed E-state index contributed by atoms with van der Waals surface area (Å²) in [5, 5.41) is 3.87. The molecule has 2 aliphatic rings. The lowest BCUT2D eigenvalue weighted by atomic mass is 9.69. The summed E-state index contributed by atoms with van der Waals surface area (Å²) in [4.78, 5) is 0. The highest BCUT2D eigenvalue weighted by Gasteiger charge is 2.45. The minimum atomic E-state index is 0.125. The van der Waals surface area contributed by atoms with Gasteiger partial charge in [-0.15, -0.1) is 0 Å². The molecule has 0 saturated carbocycles. The van der Waals surface area contributed by atoms with Crippen molar-refractivity contribution in [2.45, 2.75) is 135 Å². The second kappa shape index (κ2) is 19.8. The molecule has 1 N–H and O–H groups in total. The Morgan fingerprint density at radius 1 is 0.468 bits per heavy atom. The fourth-order valence-corrected chi connectivity index (χ4v) is 10.4. The molecule has 0 aliphatic heterocycles. The minimum Gasteiger partial charge on any atom is -0.356 e. The maximum Gasteiger partial charge on any atom is 0.0387 e. The van der Waals surface area contributed by atoms with Gasteiger partial charge in [0.1, 0.15) is 0 Å². The van der Waals surface area contributed by atoms with E-state index >= 15 is 0 Å². The number of benzene rings is 6. The van der Waals surface area contributed by atoms with E-state index in [9.17, 15) is 0 Å². The molecule has 8 rings (SSSR count). The van der Waals surface area contributed by atoms with E-state index in [1.165, 1.54) is 138 Å². The third-order valence-corrected chi connectivity index (χ3v) is 14.6. The lowest BCUT2D eigenvalue weighted by molar-refractivity contribution is 0.399. The van der Waals surface area contributed by atoms with Crippen molar-refractivity contribution in [3.63, 3.8) is 0 Å². The first kappa shape index (κ1) is 43.3. The van der Waals surface area contributed by atoms with Crippen LogP contribution in [0.5, 0.6) is 0 Å². The summed E-state index contributed by atoms with van der Waals surface area (Å²) >= 11 is 0. The topological polar surface area (TPSA) is 12.0 Å². The lowest BCUT2D eigenvalue weighted by Crippen LogP contribution is -2.26. The molecule has 0 bridgehead atoms. The van der Waals surface area contributed by atoms with E-state index in [1.54, 1.807) is 11.1 Å². The van der Waals surface area contributed by atoms with Crippen molar-refractivity contribution >= 4 is 16.9 Å². The van der Waals surface area contributed by atoms with Gasteiger partial charge in [-0.1, -0.05) is 189 Å². The van der Waals surface area contributed by atoms with Crippen LogP contribution < -0.4 is 5.32 Å². The van der Waals surface area contributed by atoms with E-state index in [-0.39, 0.29) is 10.8 Å². The first-order valence-electron chi connectivity index (χ1n) is 24.2. The van der Waals surface area contributed by atoms with Crippen LogP contribution in [0.3, 0.4) is 0 Å². The molecule has 6 aromatic carbocycles. The molecule has 0 fully saturated rings. The van der Waals surface area contributed by atoms with Gasteiger partial charge in [0, 0.05) is 16.8 Å². The molecular formula is C61H69N. The van der Waals surface area contributed by atoms with E-state index in [0.29, 0.717) is 0 Å². The van der Waals surface area contributed by atoms with E-state index in [1.807, 2.05) is 0 Å². The van der Waals surface area contributed by atoms with E-state index in [4.69, 9.17) is 0 Å². The molecule has 1 nitrogen and oxygen atoms in total. The Kier molecular flexibility index (Phi) is 13.8. The molecular weight excluding hydrogens is 747 g/mol. The highest BCUT2D eigenvalue weighted by molar-refractivity contribution is 5.92. The summed E-state index contributed by atoms with van der Waals surface area (Å²) in [7, 11) is 0. The van der Waals surface area contributed by atoms with Crippen molar-refractivity contribution in [1.29, 1.82) is 0 Å². The molecule has 1 heteroatoms. The molecule has 0 radical (unpaired) electrons. The number of hydrogen-bond acceptors (Lipinski definition) is 1. The Morgan fingerprint density at radius 2 is 0.984 bits per heavy atom. The van der Waals surface area contributed by atoms with Gasteiger partial charge >= 0.3 is 0 Å². The number of unbranched alkanes of at least 4 members (excludes halogenated alkanes) is 6. The predicted octanol–water partition coefficient (Wildman–Crippen LogP) is 18.5. The van der Waals surface area contributed by atoms with Crippen molar-refractivity contribution in [1.82, 2.24) is 0 Å². The Morgan fingerprint density at radius 3 is 1.60 bits per heavy atom. The molecule has 0 amide bonds. The van der Waals surface area contributed by atoms with Crippen LogP contribution in [0.15, 0.2) is 157 Å². The van der Waals surface area contributed by atoms with Crippen LogP contribution in [0, 0.1) is 0 Å². The largest absolute Gasteiger partial charge is 0.356 e. The summed E-state index contributed by atoms with van der Waals surface area (Å²) in [6.07, 6.45) is 22.7. The third-order valence-electron chi connectivity index (χ3n) is 14.6. The maximum atomic E-state index is 3.87. The van der Waals surface area contributed by atoms with Crippen LogP contribution in [0.25, 0.3) is 50.1 Å². The van der Waals surface area contributed by atoms with Crippen molar-refractivity contribution in [3.8, 4) is 44.5 Å². The van der Waals surface area contributed by atoms with Crippen LogP contribution in [0.2, 0.25) is 0 Å². The summed E-state index contributed by atoms with van der Waals surface area (Å²) in [5.74, 6) is 0. The van der Waals surface area contributed by atoms with Crippen molar-refractivity contribution < 1.29 is 0 Å². The number of anilines is 2. The van der Waals surface area contributed by atoms with Crippen LogP contribution in [-0.4, -0.2) is 0 Å². The first-order chi connectivity index (χ1) is 30.4. The molecule has 6 aromatic rings. The third kappa shape index (κ3) is 9.20. The fraction of sp³-hybridized carbons (Fsp3) is 0.344. The van der Waals surface area contributed by atoms with Gasteiger partial charge in [0.2, 0.25) is 0 Å². The van der Waals surface area contributed by atoms with E-state index < -0.39 is 0 Å². The van der Waals surface area contributed by atoms with Crippen molar-refractivity contribution in [2.24, 2.45) is 0 Å². The summed E-state index contributed by atoms with van der Waals surface area (Å²) in [5.41, 5.74) is 20.1. The van der Waals surface area contributed by atoms with Crippen LogP contribution in [-0.2, 0) is 10.8 Å². The molecule has 2 aliphatic carbocycles. The molecule has 0 heterocycles. The van der Waals surface area contributed by atoms with Crippen molar-refractivity contribution in [3.05, 3.63) is 174 Å². The van der Waals surface area contributed by atoms with E-state index in [2.05, 4.69) is 192 Å². The lowest BCUT2D eigenvalue weighted by Gasteiger charge is -2.34. The predicted molar refractivity (Wildman–Crippen MR) is 270 cm³/mol. The normalized spacial score (nSPS) is 14.2. The fourth-order valence-electron chi connectivity index (χ4n) is 10.4. The number of fused-ring (bicyclic) bond motifs is 3. The molecule has 0 spiro atoms. The summed E-state index contributed by atoms with van der Waals surface area (Å²) < 4.78 is 0. The number of allylic oxidation sites excluding steroid dienone is 4. The Bertz CT molecular complexity index is 2460. The molecule has 318 valence electrons. The van der Waals surface area contributed by atoms with Gasteiger partial charge < -0.3 is 5.32 Å². The Balaban J connectivity index is 1.12. The van der Waals surface area contributed by atoms with Gasteiger partial charge in [-0.2, -0.15) is 0 Å². The quantitative estimate of drug-likeness (QED) is 0.0803. The molecule has 62 heavy (non-hydrogen) atoms. The second-order valence-electron chi connectivity index (χ2n) is 18.6. The van der Waals surface area contributed by atoms with Crippen molar-refractivity contribution in [2.75, 3.05) is 5.32 Å². The Hall–Kier alpha value is -5.40. The zero-order chi connectivity index (χ0) is 42.9. The number of nitrogens with one attached hydrogen (secondary N) is 1. The number of rotatable bonds is 19. The average molecular weight is 816 g/mol. The summed E-state index contributed by atoms with van der Waals surface area (Å²) in [6.45, 7) is 11.7. The van der Waals surface area contributed by atoms with E-state index in [0.717, 1.165) is 24.9 Å². The Labute approximate surface area is 374 Å². The molecule has 0 atom stereocenters. The zero-order valence-electron chi connectivity index (χ0n) is 38.3. The average Bonchev–Trinajstić information content (AvgIpc) is 3.60. The second-order valence-corrected chi connectivity index (χ2v) is 18.6. The molecule has 0 unspecified atom stereocenters. The first-order valence-corrected chi connectivity index (χ1v) is 24.2. The highest BCUT2D eigenvalue weighted by atomic mass is 14.9. The van der Waals surface area contributed by atoms with Gasteiger partial charge in [-0.25, -0.2) is 0 Å².